The fraction of sp³-hybridized carbons (Fsp3) is 0.562. The molecule has 2 aliphatic rings. The molecule has 3 heteroatoms. The fourth-order valence-electron chi connectivity index (χ4n) is 4.25. The van der Waals surface area contributed by atoms with E-state index in [-0.39, 0.29) is 0 Å². The lowest BCUT2D eigenvalue weighted by Gasteiger charge is -2.25. The number of imidazole rings is 1. The summed E-state index contributed by atoms with van der Waals surface area (Å²) in [5, 5.41) is 0. The number of hydrogen-bond acceptors (Lipinski definition) is 1. The molecule has 2 bridgehead atoms. The number of aryl methyl sites for hydroxylation is 1. The molecule has 0 N–H and O–H groups in total. The van der Waals surface area contributed by atoms with Crippen molar-refractivity contribution >= 4 is 22.6 Å². The molecule has 2 nitrogen and oxygen atoms in total. The third-order valence-electron chi connectivity index (χ3n) is 5.07. The summed E-state index contributed by atoms with van der Waals surface area (Å²) in [5.41, 5.74) is 3.66. The molecule has 2 fully saturated rings. The molecular formula is C16H19ClN2. The van der Waals surface area contributed by atoms with Gasteiger partial charge in [0.25, 0.3) is 0 Å². The van der Waals surface area contributed by atoms with Crippen LogP contribution in [0.15, 0.2) is 18.2 Å². The van der Waals surface area contributed by atoms with Crippen molar-refractivity contribution < 1.29 is 0 Å². The van der Waals surface area contributed by atoms with Crippen LogP contribution in [0.25, 0.3) is 11.0 Å². The summed E-state index contributed by atoms with van der Waals surface area (Å²) in [5.74, 6) is 3.37. The number of rotatable bonds is 2. The molecule has 4 rings (SSSR count). The molecule has 2 aliphatic carbocycles. The van der Waals surface area contributed by atoms with Crippen molar-refractivity contribution in [3.8, 4) is 0 Å². The largest absolute Gasteiger partial charge is 0.324 e. The van der Waals surface area contributed by atoms with E-state index >= 15 is 0 Å². The summed E-state index contributed by atoms with van der Waals surface area (Å²) < 4.78 is 2.45. The number of fused-ring (bicyclic) bond motifs is 3. The number of alkyl halides is 1. The Balaban J connectivity index is 1.88. The maximum Gasteiger partial charge on any atom is 0.125 e. The summed E-state index contributed by atoms with van der Waals surface area (Å²) in [6.45, 7) is 2.12. The first kappa shape index (κ1) is 11.8. The summed E-state index contributed by atoms with van der Waals surface area (Å²) in [6.07, 6.45) is 5.57. The zero-order valence-electron chi connectivity index (χ0n) is 11.3. The fourth-order valence-corrected chi connectivity index (χ4v) is 4.44. The van der Waals surface area contributed by atoms with Gasteiger partial charge in [-0.2, -0.15) is 0 Å². The first-order valence-electron chi connectivity index (χ1n) is 7.29. The standard InChI is InChI=1S/C16H19ClN2/c1-10-2-5-14-13(6-10)18-16(9-17)19(14)15-8-11-3-4-12(15)7-11/h2,5-6,11-12,15H,3-4,7-9H2,1H3. The van der Waals surface area contributed by atoms with Crippen LogP contribution in [0, 0.1) is 18.8 Å². The van der Waals surface area contributed by atoms with E-state index in [2.05, 4.69) is 29.7 Å². The van der Waals surface area contributed by atoms with Gasteiger partial charge in [0, 0.05) is 6.04 Å². The predicted octanol–water partition coefficient (Wildman–Crippen LogP) is 4.44. The van der Waals surface area contributed by atoms with Gasteiger partial charge in [-0.25, -0.2) is 4.98 Å². The monoisotopic (exact) mass is 274 g/mol. The number of nitrogens with zero attached hydrogens (tertiary/aromatic N) is 2. The third kappa shape index (κ3) is 1.73. The third-order valence-corrected chi connectivity index (χ3v) is 5.31. The van der Waals surface area contributed by atoms with Gasteiger partial charge < -0.3 is 4.57 Å². The summed E-state index contributed by atoms with van der Waals surface area (Å²) in [6, 6.07) is 7.22. The molecule has 100 valence electrons. The molecule has 0 radical (unpaired) electrons. The number of aromatic nitrogens is 2. The smallest absolute Gasteiger partial charge is 0.125 e. The lowest BCUT2D eigenvalue weighted by molar-refractivity contribution is 0.331. The quantitative estimate of drug-likeness (QED) is 0.740. The van der Waals surface area contributed by atoms with E-state index in [1.165, 1.54) is 36.8 Å². The van der Waals surface area contributed by atoms with Crippen molar-refractivity contribution in [3.63, 3.8) is 0 Å². The highest BCUT2D eigenvalue weighted by Gasteiger charge is 2.41. The Morgan fingerprint density at radius 1 is 1.32 bits per heavy atom. The molecular weight excluding hydrogens is 256 g/mol. The Kier molecular flexibility index (Phi) is 2.63. The van der Waals surface area contributed by atoms with Gasteiger partial charge in [-0.3, -0.25) is 0 Å². The lowest BCUT2D eigenvalue weighted by Crippen LogP contribution is -2.18. The van der Waals surface area contributed by atoms with E-state index in [0.29, 0.717) is 11.9 Å². The maximum absolute atomic E-state index is 6.14. The van der Waals surface area contributed by atoms with Crippen LogP contribution in [0.3, 0.4) is 0 Å². The molecule has 1 aromatic heterocycles. The topological polar surface area (TPSA) is 17.8 Å². The minimum absolute atomic E-state index is 0.515. The zero-order valence-corrected chi connectivity index (χ0v) is 12.0. The highest BCUT2D eigenvalue weighted by atomic mass is 35.5. The zero-order chi connectivity index (χ0) is 13.0. The van der Waals surface area contributed by atoms with Crippen molar-refractivity contribution in [2.45, 2.75) is 44.5 Å². The van der Waals surface area contributed by atoms with E-state index in [4.69, 9.17) is 16.6 Å². The highest BCUT2D eigenvalue weighted by Crippen LogP contribution is 2.51. The predicted molar refractivity (Wildman–Crippen MR) is 78.5 cm³/mol. The average Bonchev–Trinajstić information content (AvgIpc) is 3.09. The molecule has 2 aromatic rings. The summed E-state index contributed by atoms with van der Waals surface area (Å²) in [7, 11) is 0. The molecule has 2 saturated carbocycles. The van der Waals surface area contributed by atoms with Crippen LogP contribution < -0.4 is 0 Å². The van der Waals surface area contributed by atoms with Gasteiger partial charge in [-0.05, 0) is 55.7 Å². The Bertz CT molecular complexity index is 631. The van der Waals surface area contributed by atoms with Gasteiger partial charge in [0.2, 0.25) is 0 Å². The molecule has 0 spiro atoms. The Labute approximate surface area is 118 Å². The van der Waals surface area contributed by atoms with Crippen LogP contribution >= 0.6 is 11.6 Å². The van der Waals surface area contributed by atoms with Crippen molar-refractivity contribution in [2.24, 2.45) is 11.8 Å². The molecule has 3 unspecified atom stereocenters. The SMILES string of the molecule is Cc1ccc2c(c1)nc(CCl)n2C1CC2CCC1C2. The minimum atomic E-state index is 0.515. The van der Waals surface area contributed by atoms with Crippen LogP contribution in [0.2, 0.25) is 0 Å². The van der Waals surface area contributed by atoms with Crippen LogP contribution in [-0.4, -0.2) is 9.55 Å². The molecule has 0 saturated heterocycles. The van der Waals surface area contributed by atoms with E-state index in [1.54, 1.807) is 0 Å². The number of benzene rings is 1. The van der Waals surface area contributed by atoms with Crippen molar-refractivity contribution in [1.82, 2.24) is 9.55 Å². The van der Waals surface area contributed by atoms with E-state index in [9.17, 15) is 0 Å². The molecule has 3 atom stereocenters. The van der Waals surface area contributed by atoms with Gasteiger partial charge in [0.1, 0.15) is 5.82 Å². The average molecular weight is 275 g/mol. The van der Waals surface area contributed by atoms with Gasteiger partial charge in [-0.15, -0.1) is 11.6 Å². The van der Waals surface area contributed by atoms with E-state index in [1.807, 2.05) is 0 Å². The molecule has 1 heterocycles. The van der Waals surface area contributed by atoms with Crippen molar-refractivity contribution in [2.75, 3.05) is 0 Å². The van der Waals surface area contributed by atoms with Crippen LogP contribution in [-0.2, 0) is 5.88 Å². The number of hydrogen-bond donors (Lipinski definition) is 0. The van der Waals surface area contributed by atoms with Crippen molar-refractivity contribution in [1.29, 1.82) is 0 Å². The van der Waals surface area contributed by atoms with Crippen LogP contribution in [0.4, 0.5) is 0 Å². The normalized spacial score (nSPS) is 29.5. The Hall–Kier alpha value is -1.02. The van der Waals surface area contributed by atoms with Gasteiger partial charge in [-0.1, -0.05) is 12.5 Å². The molecule has 1 aromatic carbocycles. The second kappa shape index (κ2) is 4.24. The van der Waals surface area contributed by atoms with Crippen LogP contribution in [0.1, 0.15) is 43.1 Å². The van der Waals surface area contributed by atoms with E-state index in [0.717, 1.165) is 23.2 Å². The second-order valence-electron chi connectivity index (χ2n) is 6.27. The molecule has 19 heavy (non-hydrogen) atoms. The first-order chi connectivity index (χ1) is 9.26. The Morgan fingerprint density at radius 3 is 2.89 bits per heavy atom. The second-order valence-corrected chi connectivity index (χ2v) is 6.53. The molecule has 0 aliphatic heterocycles. The van der Waals surface area contributed by atoms with Gasteiger partial charge >= 0.3 is 0 Å². The van der Waals surface area contributed by atoms with Crippen LogP contribution in [0.5, 0.6) is 0 Å². The highest BCUT2D eigenvalue weighted by molar-refractivity contribution is 6.16. The first-order valence-corrected chi connectivity index (χ1v) is 7.83. The minimum Gasteiger partial charge on any atom is -0.324 e. The van der Waals surface area contributed by atoms with Gasteiger partial charge in [0.05, 0.1) is 16.9 Å². The van der Waals surface area contributed by atoms with E-state index < -0.39 is 0 Å². The summed E-state index contributed by atoms with van der Waals surface area (Å²) in [4.78, 5) is 4.75. The molecule has 0 amide bonds. The Morgan fingerprint density at radius 2 is 2.21 bits per heavy atom. The van der Waals surface area contributed by atoms with Gasteiger partial charge in [0.15, 0.2) is 0 Å². The lowest BCUT2D eigenvalue weighted by atomic mass is 9.95. The maximum atomic E-state index is 6.14. The number of halogens is 1. The summed E-state index contributed by atoms with van der Waals surface area (Å²) >= 11 is 6.14. The van der Waals surface area contributed by atoms with Crippen molar-refractivity contribution in [3.05, 3.63) is 29.6 Å².